The van der Waals surface area contributed by atoms with Crippen LogP contribution in [0.3, 0.4) is 0 Å². The molecule has 0 atom stereocenters. The van der Waals surface area contributed by atoms with Gasteiger partial charge in [-0.15, -0.1) is 0 Å². The minimum atomic E-state index is -2.33. The molecule has 4 heteroatoms. The first-order valence-electron chi connectivity index (χ1n) is 21.8. The monoisotopic (exact) mass is 826 g/mol. The first kappa shape index (κ1) is 35.7. The van der Waals surface area contributed by atoms with Crippen LogP contribution in [0, 0.1) is 0 Å². The summed E-state index contributed by atoms with van der Waals surface area (Å²) < 4.78 is 14.0. The molecule has 2 aliphatic heterocycles. The second kappa shape index (κ2) is 12.8. The summed E-state index contributed by atoms with van der Waals surface area (Å²) >= 11 is 0. The molecule has 9 aromatic carbocycles. The Hall–Kier alpha value is -6.99. The fourth-order valence-electron chi connectivity index (χ4n) is 11.3. The van der Waals surface area contributed by atoms with E-state index >= 15 is 0 Å². The smallest absolute Gasteiger partial charge is 0.143 e. The van der Waals surface area contributed by atoms with E-state index in [1.54, 1.807) is 10.4 Å². The van der Waals surface area contributed by atoms with E-state index in [9.17, 15) is 0 Å². The molecule has 0 radical (unpaired) electrons. The highest BCUT2D eigenvalue weighted by Gasteiger charge is 2.49. The summed E-state index contributed by atoms with van der Waals surface area (Å²) in [6, 6.07) is 66.7. The molecule has 0 unspecified atom stereocenters. The van der Waals surface area contributed by atoms with Crippen LogP contribution in [0.25, 0.3) is 111 Å². The van der Waals surface area contributed by atoms with E-state index in [1.165, 1.54) is 98.7 Å². The molecule has 0 saturated carbocycles. The van der Waals surface area contributed by atoms with E-state index in [-0.39, 0.29) is 0 Å². The summed E-state index contributed by atoms with van der Waals surface area (Å²) in [7, 11) is -4.66. The number of fused-ring (bicyclic) bond motifs is 15. The van der Waals surface area contributed by atoms with Crippen molar-refractivity contribution in [3.8, 4) is 66.8 Å². The number of rotatable bonds is 4. The standard InChI is InChI=1S/C58H42O2Si2/c1-61(2)49-34-46(40-29-25-38(26-30-40)36-17-9-6-10-18-36)55-54(42-20-12-14-22-48(42)59-55)52(49)43-31-32-44-53-50(62(3,4)58(44)57(43)61)33-45(51-41-19-11-13-21-47(41)60-56(51)53)39-27-23-37(24-28-39)35-15-7-5-8-16-35/h5-34H,1-4H3. The third-order valence-electron chi connectivity index (χ3n) is 14.2. The van der Waals surface area contributed by atoms with Gasteiger partial charge in [0.2, 0.25) is 0 Å². The molecule has 0 saturated heterocycles. The van der Waals surface area contributed by atoms with Gasteiger partial charge in [0, 0.05) is 32.7 Å². The summed E-state index contributed by atoms with van der Waals surface area (Å²) in [5.74, 6) is 0. The van der Waals surface area contributed by atoms with Crippen molar-refractivity contribution >= 4 is 80.8 Å². The maximum absolute atomic E-state index is 7.05. The van der Waals surface area contributed by atoms with Crippen LogP contribution >= 0.6 is 0 Å². The van der Waals surface area contributed by atoms with Crippen LogP contribution in [-0.2, 0) is 0 Å². The maximum Gasteiger partial charge on any atom is 0.143 e. The Morgan fingerprint density at radius 3 is 1.29 bits per heavy atom. The summed E-state index contributed by atoms with van der Waals surface area (Å²) in [6.45, 7) is 10.4. The van der Waals surface area contributed by atoms with Crippen LogP contribution in [-0.4, -0.2) is 16.1 Å². The largest absolute Gasteiger partial charge is 0.455 e. The first-order chi connectivity index (χ1) is 30.3. The van der Waals surface area contributed by atoms with Gasteiger partial charge in [0.25, 0.3) is 0 Å². The average molecular weight is 827 g/mol. The van der Waals surface area contributed by atoms with Crippen LogP contribution in [0.2, 0.25) is 26.2 Å². The van der Waals surface area contributed by atoms with Crippen molar-refractivity contribution in [2.24, 2.45) is 0 Å². The Morgan fingerprint density at radius 2 is 0.726 bits per heavy atom. The molecule has 0 amide bonds. The molecule has 4 heterocycles. The number of furan rings is 2. The van der Waals surface area contributed by atoms with Crippen molar-refractivity contribution in [1.82, 2.24) is 0 Å². The van der Waals surface area contributed by atoms with Crippen molar-refractivity contribution < 1.29 is 8.83 Å². The lowest BCUT2D eigenvalue weighted by Crippen LogP contribution is -2.63. The van der Waals surface area contributed by atoms with Gasteiger partial charge in [-0.05, 0) is 88.5 Å². The van der Waals surface area contributed by atoms with Gasteiger partial charge in [-0.3, -0.25) is 0 Å². The highest BCUT2D eigenvalue weighted by atomic mass is 28.3. The Bertz CT molecular complexity index is 3650. The number of hydrogen-bond acceptors (Lipinski definition) is 2. The van der Waals surface area contributed by atoms with Gasteiger partial charge in [-0.25, -0.2) is 0 Å². The van der Waals surface area contributed by atoms with Crippen molar-refractivity contribution in [1.29, 1.82) is 0 Å². The van der Waals surface area contributed by atoms with Crippen molar-refractivity contribution in [3.05, 3.63) is 182 Å². The minimum Gasteiger partial charge on any atom is -0.455 e. The zero-order valence-corrected chi connectivity index (χ0v) is 37.1. The predicted octanol–water partition coefficient (Wildman–Crippen LogP) is 13.8. The molecule has 13 rings (SSSR count). The molecular weight excluding hydrogens is 785 g/mol. The molecule has 2 aliphatic rings. The molecule has 2 nitrogen and oxygen atoms in total. The van der Waals surface area contributed by atoms with Gasteiger partial charge < -0.3 is 8.83 Å². The van der Waals surface area contributed by atoms with Crippen molar-refractivity contribution in [2.45, 2.75) is 26.2 Å². The van der Waals surface area contributed by atoms with E-state index in [0.717, 1.165) is 22.3 Å². The number of para-hydroxylation sites is 2. The Balaban J connectivity index is 1.04. The predicted molar refractivity (Wildman–Crippen MR) is 267 cm³/mol. The molecule has 11 aromatic rings. The van der Waals surface area contributed by atoms with Gasteiger partial charge in [0.05, 0.1) is 0 Å². The van der Waals surface area contributed by atoms with E-state index in [4.69, 9.17) is 8.83 Å². The fourth-order valence-corrected chi connectivity index (χ4v) is 19.8. The SMILES string of the molecule is C[Si]1(C)c2cc(-c3ccc(-c4ccccc4)cc3)c3c(oc4ccccc43)c2-c2ccc3c(c21)[Si](C)(C)c1cc(-c2ccc(-c4ccccc4)cc2)c2oc4ccccc4c2c1-3. The Kier molecular flexibility index (Phi) is 7.36. The van der Waals surface area contributed by atoms with Crippen LogP contribution in [0.15, 0.2) is 191 Å². The third-order valence-corrected chi connectivity index (χ3v) is 21.5. The number of benzene rings is 9. The topological polar surface area (TPSA) is 26.3 Å². The highest BCUT2D eigenvalue weighted by molar-refractivity contribution is 7.13. The lowest BCUT2D eigenvalue weighted by molar-refractivity contribution is 0.670. The molecule has 2 aromatic heterocycles. The summed E-state index contributed by atoms with van der Waals surface area (Å²) in [6.07, 6.45) is 0. The molecule has 62 heavy (non-hydrogen) atoms. The van der Waals surface area contributed by atoms with E-state index < -0.39 is 16.1 Å². The highest BCUT2D eigenvalue weighted by Crippen LogP contribution is 2.48. The maximum atomic E-state index is 7.05. The van der Waals surface area contributed by atoms with Crippen LogP contribution < -0.4 is 20.7 Å². The van der Waals surface area contributed by atoms with E-state index in [1.807, 2.05) is 0 Å². The van der Waals surface area contributed by atoms with E-state index in [0.29, 0.717) is 0 Å². The third kappa shape index (κ3) is 4.85. The van der Waals surface area contributed by atoms with Gasteiger partial charge in [-0.2, -0.15) is 0 Å². The molecule has 0 aliphatic carbocycles. The van der Waals surface area contributed by atoms with Crippen molar-refractivity contribution in [3.63, 3.8) is 0 Å². The summed E-state index contributed by atoms with van der Waals surface area (Å²) in [5, 5.41) is 11.0. The Labute approximate surface area is 362 Å². The summed E-state index contributed by atoms with van der Waals surface area (Å²) in [5.41, 5.74) is 19.0. The second-order valence-corrected chi connectivity index (χ2v) is 26.9. The minimum absolute atomic E-state index is 0.936. The van der Waals surface area contributed by atoms with Gasteiger partial charge in [0.15, 0.2) is 0 Å². The first-order valence-corrected chi connectivity index (χ1v) is 27.8. The van der Waals surface area contributed by atoms with Gasteiger partial charge in [0.1, 0.15) is 38.5 Å². The van der Waals surface area contributed by atoms with Gasteiger partial charge in [-0.1, -0.05) is 196 Å². The molecular formula is C58H42O2Si2. The number of hydrogen-bond donors (Lipinski definition) is 0. The lowest BCUT2D eigenvalue weighted by atomic mass is 9.91. The Morgan fingerprint density at radius 1 is 0.323 bits per heavy atom. The molecule has 0 bridgehead atoms. The van der Waals surface area contributed by atoms with Crippen LogP contribution in [0.1, 0.15) is 0 Å². The normalized spacial score (nSPS) is 14.4. The molecule has 294 valence electrons. The average Bonchev–Trinajstić information content (AvgIpc) is 4.02. The zero-order valence-electron chi connectivity index (χ0n) is 35.1. The van der Waals surface area contributed by atoms with E-state index in [2.05, 4.69) is 208 Å². The van der Waals surface area contributed by atoms with Crippen LogP contribution in [0.4, 0.5) is 0 Å². The second-order valence-electron chi connectivity index (χ2n) is 18.3. The zero-order chi connectivity index (χ0) is 41.5. The molecule has 0 N–H and O–H groups in total. The molecule has 0 fully saturated rings. The summed E-state index contributed by atoms with van der Waals surface area (Å²) in [4.78, 5) is 0. The lowest BCUT2D eigenvalue weighted by Gasteiger charge is -2.28. The molecule has 0 spiro atoms. The van der Waals surface area contributed by atoms with Crippen molar-refractivity contribution in [2.75, 3.05) is 0 Å². The van der Waals surface area contributed by atoms with Crippen LogP contribution in [0.5, 0.6) is 0 Å². The quantitative estimate of drug-likeness (QED) is 0.165. The fraction of sp³-hybridized carbons (Fsp3) is 0.0690. The van der Waals surface area contributed by atoms with Gasteiger partial charge >= 0.3 is 0 Å².